The van der Waals surface area contributed by atoms with Crippen molar-refractivity contribution in [3.63, 3.8) is 0 Å². The lowest BCUT2D eigenvalue weighted by atomic mass is 10.1. The molecule has 27 heavy (non-hydrogen) atoms. The van der Waals surface area contributed by atoms with Gasteiger partial charge >= 0.3 is 0 Å². The maximum atomic E-state index is 12.0. The van der Waals surface area contributed by atoms with Crippen molar-refractivity contribution < 1.29 is 9.53 Å². The molecule has 1 fully saturated rings. The summed E-state index contributed by atoms with van der Waals surface area (Å²) in [6.07, 6.45) is 7.68. The van der Waals surface area contributed by atoms with Gasteiger partial charge in [0, 0.05) is 44.7 Å². The van der Waals surface area contributed by atoms with Gasteiger partial charge in [-0.25, -0.2) is 9.97 Å². The van der Waals surface area contributed by atoms with E-state index in [0.717, 1.165) is 25.2 Å². The van der Waals surface area contributed by atoms with E-state index >= 15 is 0 Å². The highest BCUT2D eigenvalue weighted by Gasteiger charge is 2.11. The summed E-state index contributed by atoms with van der Waals surface area (Å²) in [5.74, 6) is 0.382. The van der Waals surface area contributed by atoms with Crippen LogP contribution in [0.25, 0.3) is 0 Å². The number of carbonyl (C=O) groups is 1. The summed E-state index contributed by atoms with van der Waals surface area (Å²) in [6, 6.07) is 8.34. The quantitative estimate of drug-likeness (QED) is 0.697. The van der Waals surface area contributed by atoms with Crippen LogP contribution in [0.1, 0.15) is 36.2 Å². The summed E-state index contributed by atoms with van der Waals surface area (Å²) >= 11 is 0. The van der Waals surface area contributed by atoms with E-state index in [1.165, 1.54) is 31.1 Å². The van der Waals surface area contributed by atoms with Crippen LogP contribution in [-0.2, 0) is 4.74 Å². The van der Waals surface area contributed by atoms with Crippen molar-refractivity contribution in [2.45, 2.75) is 25.7 Å². The van der Waals surface area contributed by atoms with Gasteiger partial charge in [0.1, 0.15) is 11.5 Å². The van der Waals surface area contributed by atoms with E-state index in [0.29, 0.717) is 24.7 Å². The molecule has 1 aliphatic rings. The minimum absolute atomic E-state index is 0.226. The van der Waals surface area contributed by atoms with E-state index in [-0.39, 0.29) is 5.91 Å². The minimum Gasteiger partial charge on any atom is -0.385 e. The largest absolute Gasteiger partial charge is 0.385 e. The third-order valence-electron chi connectivity index (χ3n) is 4.56. The second-order valence-electron chi connectivity index (χ2n) is 6.61. The van der Waals surface area contributed by atoms with Crippen molar-refractivity contribution in [3.8, 4) is 0 Å². The smallest absolute Gasteiger partial charge is 0.271 e. The number of aromatic nitrogens is 2. The zero-order valence-electron chi connectivity index (χ0n) is 15.8. The molecule has 1 aromatic carbocycles. The van der Waals surface area contributed by atoms with E-state index < -0.39 is 0 Å². The first-order chi connectivity index (χ1) is 13.3. The predicted octanol–water partition coefficient (Wildman–Crippen LogP) is 2.98. The molecule has 0 bridgehead atoms. The maximum Gasteiger partial charge on any atom is 0.271 e. The molecular formula is C20H27N5O2. The number of benzene rings is 1. The van der Waals surface area contributed by atoms with Crippen LogP contribution >= 0.6 is 0 Å². The topological polar surface area (TPSA) is 79.4 Å². The van der Waals surface area contributed by atoms with Gasteiger partial charge in [-0.15, -0.1) is 0 Å². The summed E-state index contributed by atoms with van der Waals surface area (Å²) in [5.41, 5.74) is 2.51. The number of rotatable bonds is 8. The lowest BCUT2D eigenvalue weighted by molar-refractivity contribution is 0.0943. The lowest BCUT2D eigenvalue weighted by Gasteiger charge is -2.28. The molecule has 7 heteroatoms. The van der Waals surface area contributed by atoms with Crippen molar-refractivity contribution in [1.82, 2.24) is 15.3 Å². The molecule has 1 aliphatic heterocycles. The van der Waals surface area contributed by atoms with Gasteiger partial charge in [0.05, 0.1) is 12.4 Å². The number of hydrogen-bond acceptors (Lipinski definition) is 6. The molecule has 1 aromatic heterocycles. The average molecular weight is 369 g/mol. The number of methoxy groups -OCH3 is 1. The first-order valence-corrected chi connectivity index (χ1v) is 9.47. The summed E-state index contributed by atoms with van der Waals surface area (Å²) in [4.78, 5) is 22.9. The highest BCUT2D eigenvalue weighted by molar-refractivity contribution is 5.92. The van der Waals surface area contributed by atoms with E-state index in [4.69, 9.17) is 4.74 Å². The van der Waals surface area contributed by atoms with Gasteiger partial charge in [-0.3, -0.25) is 4.79 Å². The van der Waals surface area contributed by atoms with Crippen LogP contribution < -0.4 is 15.5 Å². The molecule has 0 aliphatic carbocycles. The number of nitrogens with zero attached hydrogens (tertiary/aromatic N) is 3. The van der Waals surface area contributed by atoms with Gasteiger partial charge in [0.15, 0.2) is 0 Å². The molecule has 2 aromatic rings. The van der Waals surface area contributed by atoms with Gasteiger partial charge in [-0.2, -0.15) is 0 Å². The second kappa shape index (κ2) is 9.87. The van der Waals surface area contributed by atoms with Crippen molar-refractivity contribution in [3.05, 3.63) is 42.4 Å². The fraction of sp³-hybridized carbons (Fsp3) is 0.450. The van der Waals surface area contributed by atoms with Crippen LogP contribution in [0.4, 0.5) is 17.2 Å². The first-order valence-electron chi connectivity index (χ1n) is 9.47. The summed E-state index contributed by atoms with van der Waals surface area (Å²) in [6.45, 7) is 3.43. The Morgan fingerprint density at radius 2 is 1.89 bits per heavy atom. The highest BCUT2D eigenvalue weighted by atomic mass is 16.5. The van der Waals surface area contributed by atoms with Crippen molar-refractivity contribution in [2.75, 3.05) is 43.6 Å². The zero-order chi connectivity index (χ0) is 18.9. The van der Waals surface area contributed by atoms with E-state index in [9.17, 15) is 4.79 Å². The first kappa shape index (κ1) is 19.1. The SMILES string of the molecule is COCCCNC(=O)c1cnc(Nc2ccc(N3CCCCC3)cc2)cn1. The number of amides is 1. The minimum atomic E-state index is -0.226. The normalized spacial score (nSPS) is 14.0. The number of hydrogen-bond donors (Lipinski definition) is 2. The van der Waals surface area contributed by atoms with Crippen LogP contribution in [0, 0.1) is 0 Å². The molecule has 7 nitrogen and oxygen atoms in total. The molecule has 2 N–H and O–H groups in total. The molecular weight excluding hydrogens is 342 g/mol. The molecule has 1 amide bonds. The van der Waals surface area contributed by atoms with Crippen molar-refractivity contribution in [1.29, 1.82) is 0 Å². The lowest BCUT2D eigenvalue weighted by Crippen LogP contribution is -2.29. The highest BCUT2D eigenvalue weighted by Crippen LogP contribution is 2.23. The summed E-state index contributed by atoms with van der Waals surface area (Å²) in [7, 11) is 1.64. The Bertz CT molecular complexity index is 712. The zero-order valence-corrected chi connectivity index (χ0v) is 15.8. The van der Waals surface area contributed by atoms with Crippen LogP contribution in [0.15, 0.2) is 36.7 Å². The average Bonchev–Trinajstić information content (AvgIpc) is 2.73. The van der Waals surface area contributed by atoms with Gasteiger partial charge in [0.25, 0.3) is 5.91 Å². The molecule has 3 rings (SSSR count). The van der Waals surface area contributed by atoms with E-state index in [1.807, 2.05) is 12.1 Å². The third-order valence-corrected chi connectivity index (χ3v) is 4.56. The molecule has 0 radical (unpaired) electrons. The number of piperidine rings is 1. The standard InChI is InChI=1S/C20H27N5O2/c1-27-13-5-10-21-20(26)18-14-23-19(15-22-18)24-16-6-8-17(9-7-16)25-11-3-2-4-12-25/h6-9,14-15H,2-5,10-13H2,1H3,(H,21,26)(H,23,24). The fourth-order valence-corrected chi connectivity index (χ4v) is 3.07. The Kier molecular flexibility index (Phi) is 6.98. The maximum absolute atomic E-state index is 12.0. The van der Waals surface area contributed by atoms with E-state index in [2.05, 4.69) is 37.6 Å². The number of nitrogens with one attached hydrogen (secondary N) is 2. The Labute approximate surface area is 160 Å². The third kappa shape index (κ3) is 5.65. The summed E-state index contributed by atoms with van der Waals surface area (Å²) in [5, 5.41) is 6.01. The molecule has 1 saturated heterocycles. The van der Waals surface area contributed by atoms with Gasteiger partial charge < -0.3 is 20.3 Å². The van der Waals surface area contributed by atoms with Crippen LogP contribution in [0.2, 0.25) is 0 Å². The fourth-order valence-electron chi connectivity index (χ4n) is 3.07. The number of ether oxygens (including phenoxy) is 1. The molecule has 0 atom stereocenters. The van der Waals surface area contributed by atoms with E-state index in [1.54, 1.807) is 13.3 Å². The molecule has 0 saturated carbocycles. The number of anilines is 3. The van der Waals surface area contributed by atoms with Gasteiger partial charge in [-0.05, 0) is 49.9 Å². The van der Waals surface area contributed by atoms with Crippen LogP contribution in [0.5, 0.6) is 0 Å². The van der Waals surface area contributed by atoms with Gasteiger partial charge in [-0.1, -0.05) is 0 Å². The van der Waals surface area contributed by atoms with Crippen molar-refractivity contribution >= 4 is 23.1 Å². The predicted molar refractivity (Wildman–Crippen MR) is 107 cm³/mol. The second-order valence-corrected chi connectivity index (χ2v) is 6.61. The monoisotopic (exact) mass is 369 g/mol. The molecule has 0 spiro atoms. The summed E-state index contributed by atoms with van der Waals surface area (Å²) < 4.78 is 4.95. The Morgan fingerprint density at radius 3 is 2.56 bits per heavy atom. The Morgan fingerprint density at radius 1 is 1.11 bits per heavy atom. The van der Waals surface area contributed by atoms with Crippen LogP contribution in [-0.4, -0.2) is 49.2 Å². The molecule has 144 valence electrons. The van der Waals surface area contributed by atoms with Crippen LogP contribution in [0.3, 0.4) is 0 Å². The number of carbonyl (C=O) groups excluding carboxylic acids is 1. The Hall–Kier alpha value is -2.67. The molecule has 0 unspecified atom stereocenters. The molecule has 2 heterocycles. The van der Waals surface area contributed by atoms with Gasteiger partial charge in [0.2, 0.25) is 0 Å². The van der Waals surface area contributed by atoms with Crippen molar-refractivity contribution in [2.24, 2.45) is 0 Å². The Balaban J connectivity index is 1.52.